The minimum absolute atomic E-state index is 0.0673. The number of carbonyl (C=O) groups is 1. The number of carbonyl (C=O) groups excluding carboxylic acids is 1. The van der Waals surface area contributed by atoms with Gasteiger partial charge in [0.25, 0.3) is 0 Å². The second kappa shape index (κ2) is 10.1. The second-order valence-electron chi connectivity index (χ2n) is 8.91. The van der Waals surface area contributed by atoms with Gasteiger partial charge in [-0.3, -0.25) is 4.79 Å². The van der Waals surface area contributed by atoms with E-state index in [9.17, 15) is 23.1 Å². The van der Waals surface area contributed by atoms with E-state index in [1.54, 1.807) is 48.3 Å². The Balaban J connectivity index is 1.93. The van der Waals surface area contributed by atoms with Crippen LogP contribution >= 0.6 is 0 Å². The van der Waals surface area contributed by atoms with Crippen LogP contribution in [0.25, 0.3) is 28.7 Å². The molecule has 1 aliphatic rings. The highest BCUT2D eigenvalue weighted by Gasteiger charge is 2.32. The van der Waals surface area contributed by atoms with Crippen LogP contribution in [0, 0.1) is 0 Å². The summed E-state index contributed by atoms with van der Waals surface area (Å²) < 4.78 is 47.8. The number of aromatic nitrogens is 3. The molecule has 10 heteroatoms. The molecule has 0 spiro atoms. The molecular formula is C26H27F3N4O3. The van der Waals surface area contributed by atoms with Gasteiger partial charge < -0.3 is 19.7 Å². The number of alkyl halides is 3. The number of esters is 1. The van der Waals surface area contributed by atoms with Crippen LogP contribution in [-0.4, -0.2) is 44.9 Å². The third kappa shape index (κ3) is 5.43. The molecule has 0 amide bonds. The Morgan fingerprint density at radius 1 is 1.22 bits per heavy atom. The standard InChI is InChI=1S/C26H27F3N4O3/c1-15(2)25-32-23(16-7-9-31-21(12-16)30-3)24(17-5-4-6-18(11-17)26(27,28)29)33(25)10-8-20-13-19(34)14-22(35)36-20/h4-12,15,19-20,34H,13-14H2,1-3H3,(H,30,31)/b10-8+/t19-,20-/m1/s1. The number of cyclic esters (lactones) is 1. The normalized spacial score (nSPS) is 18.6. The zero-order chi connectivity index (χ0) is 26.0. The number of rotatable bonds is 6. The Morgan fingerprint density at radius 3 is 2.67 bits per heavy atom. The quantitative estimate of drug-likeness (QED) is 0.445. The van der Waals surface area contributed by atoms with Gasteiger partial charge in [-0.1, -0.05) is 26.0 Å². The second-order valence-corrected chi connectivity index (χ2v) is 8.91. The number of pyridine rings is 1. The number of ether oxygens (including phenoxy) is 1. The lowest BCUT2D eigenvalue weighted by Crippen LogP contribution is -2.31. The fraction of sp³-hybridized carbons (Fsp3) is 0.346. The molecule has 2 N–H and O–H groups in total. The Labute approximate surface area is 206 Å². The van der Waals surface area contributed by atoms with Crippen molar-refractivity contribution in [2.24, 2.45) is 0 Å². The smallest absolute Gasteiger partial charge is 0.416 e. The van der Waals surface area contributed by atoms with Crippen molar-refractivity contribution >= 4 is 18.0 Å². The molecule has 7 nitrogen and oxygen atoms in total. The Hall–Kier alpha value is -3.66. The van der Waals surface area contributed by atoms with E-state index in [4.69, 9.17) is 9.72 Å². The minimum atomic E-state index is -4.51. The van der Waals surface area contributed by atoms with Gasteiger partial charge in [0.2, 0.25) is 0 Å². The van der Waals surface area contributed by atoms with Gasteiger partial charge >= 0.3 is 12.1 Å². The van der Waals surface area contributed by atoms with Crippen molar-refractivity contribution in [3.8, 4) is 22.5 Å². The molecule has 4 rings (SSSR count). The molecule has 1 aromatic carbocycles. The van der Waals surface area contributed by atoms with Crippen LogP contribution < -0.4 is 5.32 Å². The van der Waals surface area contributed by atoms with Gasteiger partial charge in [-0.05, 0) is 30.3 Å². The molecular weight excluding hydrogens is 473 g/mol. The molecule has 0 aliphatic carbocycles. The number of hydrogen-bond donors (Lipinski definition) is 2. The van der Waals surface area contributed by atoms with Crippen LogP contribution in [-0.2, 0) is 15.7 Å². The van der Waals surface area contributed by atoms with Crippen LogP contribution in [0.15, 0.2) is 48.7 Å². The average molecular weight is 501 g/mol. The Morgan fingerprint density at radius 2 is 2.00 bits per heavy atom. The first-order valence-electron chi connectivity index (χ1n) is 11.6. The van der Waals surface area contributed by atoms with E-state index in [0.29, 0.717) is 34.2 Å². The minimum Gasteiger partial charge on any atom is -0.458 e. The summed E-state index contributed by atoms with van der Waals surface area (Å²) in [7, 11) is 1.72. The summed E-state index contributed by atoms with van der Waals surface area (Å²) in [5.41, 5.74) is 1.17. The first-order chi connectivity index (χ1) is 17.1. The van der Waals surface area contributed by atoms with Crippen LogP contribution in [0.2, 0.25) is 0 Å². The maximum Gasteiger partial charge on any atom is 0.416 e. The summed E-state index contributed by atoms with van der Waals surface area (Å²) >= 11 is 0. The Bertz CT molecular complexity index is 1280. The molecule has 36 heavy (non-hydrogen) atoms. The lowest BCUT2D eigenvalue weighted by Gasteiger charge is -2.23. The summed E-state index contributed by atoms with van der Waals surface area (Å²) in [5, 5.41) is 12.9. The van der Waals surface area contributed by atoms with Crippen LogP contribution in [0.5, 0.6) is 0 Å². The topological polar surface area (TPSA) is 89.3 Å². The number of benzene rings is 1. The predicted octanol–water partition coefficient (Wildman–Crippen LogP) is 5.33. The van der Waals surface area contributed by atoms with Crippen molar-refractivity contribution in [2.75, 3.05) is 12.4 Å². The summed E-state index contributed by atoms with van der Waals surface area (Å²) in [6.45, 7) is 3.87. The molecule has 0 bridgehead atoms. The Kier molecular flexibility index (Phi) is 7.16. The number of anilines is 1. The summed E-state index contributed by atoms with van der Waals surface area (Å²) in [5.74, 6) is 0.604. The van der Waals surface area contributed by atoms with Gasteiger partial charge in [-0.2, -0.15) is 13.2 Å². The maximum atomic E-state index is 13.6. The van der Waals surface area contributed by atoms with Gasteiger partial charge in [0, 0.05) is 42.9 Å². The monoisotopic (exact) mass is 500 g/mol. The van der Waals surface area contributed by atoms with E-state index in [-0.39, 0.29) is 18.8 Å². The largest absolute Gasteiger partial charge is 0.458 e. The highest BCUT2D eigenvalue weighted by molar-refractivity contribution is 5.82. The lowest BCUT2D eigenvalue weighted by molar-refractivity contribution is -0.156. The van der Waals surface area contributed by atoms with Crippen molar-refractivity contribution < 1.29 is 27.8 Å². The van der Waals surface area contributed by atoms with E-state index in [1.165, 1.54) is 6.07 Å². The maximum absolute atomic E-state index is 13.6. The molecule has 1 fully saturated rings. The summed E-state index contributed by atoms with van der Waals surface area (Å²) in [6, 6.07) is 8.61. The van der Waals surface area contributed by atoms with Crippen molar-refractivity contribution in [3.05, 3.63) is 60.1 Å². The van der Waals surface area contributed by atoms with Gasteiger partial charge in [0.05, 0.1) is 29.5 Å². The van der Waals surface area contributed by atoms with Crippen LogP contribution in [0.4, 0.5) is 19.0 Å². The van der Waals surface area contributed by atoms with Crippen molar-refractivity contribution in [3.63, 3.8) is 0 Å². The van der Waals surface area contributed by atoms with Gasteiger partial charge in [0.15, 0.2) is 0 Å². The van der Waals surface area contributed by atoms with Gasteiger partial charge in [-0.15, -0.1) is 0 Å². The van der Waals surface area contributed by atoms with E-state index in [0.717, 1.165) is 12.1 Å². The zero-order valence-electron chi connectivity index (χ0n) is 20.1. The van der Waals surface area contributed by atoms with E-state index in [2.05, 4.69) is 10.3 Å². The molecule has 0 radical (unpaired) electrons. The predicted molar refractivity (Wildman–Crippen MR) is 130 cm³/mol. The highest BCUT2D eigenvalue weighted by atomic mass is 19.4. The fourth-order valence-electron chi connectivity index (χ4n) is 4.15. The zero-order valence-corrected chi connectivity index (χ0v) is 20.1. The number of aliphatic hydroxyl groups excluding tert-OH is 1. The molecule has 0 unspecified atom stereocenters. The molecule has 2 atom stereocenters. The number of nitrogens with one attached hydrogen (secondary N) is 1. The van der Waals surface area contributed by atoms with Crippen molar-refractivity contribution in [1.82, 2.24) is 14.5 Å². The van der Waals surface area contributed by atoms with E-state index < -0.39 is 29.9 Å². The first kappa shape index (κ1) is 25.4. The van der Waals surface area contributed by atoms with Gasteiger partial charge in [-0.25, -0.2) is 9.97 Å². The molecule has 1 saturated heterocycles. The SMILES string of the molecule is CNc1cc(-c2nc(C(C)C)n(/C=C/[C@@H]3C[C@@H](O)CC(=O)O3)c2-c2cccc(C(F)(F)F)c2)ccn1. The van der Waals surface area contributed by atoms with E-state index >= 15 is 0 Å². The number of hydrogen-bond acceptors (Lipinski definition) is 6. The van der Waals surface area contributed by atoms with Gasteiger partial charge in [0.1, 0.15) is 17.7 Å². The molecule has 1 aliphatic heterocycles. The summed E-state index contributed by atoms with van der Waals surface area (Å²) in [6.07, 6.45) is -0.957. The first-order valence-corrected chi connectivity index (χ1v) is 11.6. The number of aliphatic hydroxyl groups is 1. The molecule has 0 saturated carbocycles. The van der Waals surface area contributed by atoms with Crippen LogP contribution in [0.1, 0.15) is 44.0 Å². The van der Waals surface area contributed by atoms with Crippen molar-refractivity contribution in [1.29, 1.82) is 0 Å². The van der Waals surface area contributed by atoms with Crippen LogP contribution in [0.3, 0.4) is 0 Å². The average Bonchev–Trinajstić information content (AvgIpc) is 3.21. The molecule has 2 aromatic heterocycles. The molecule has 3 heterocycles. The molecule has 3 aromatic rings. The fourth-order valence-corrected chi connectivity index (χ4v) is 4.15. The lowest BCUT2D eigenvalue weighted by atomic mass is 10.0. The number of imidazole rings is 1. The summed E-state index contributed by atoms with van der Waals surface area (Å²) in [4.78, 5) is 20.8. The van der Waals surface area contributed by atoms with Crippen molar-refractivity contribution in [2.45, 2.75) is 51.0 Å². The number of halogens is 3. The number of nitrogens with zero attached hydrogens (tertiary/aromatic N) is 3. The molecule has 190 valence electrons. The highest BCUT2D eigenvalue weighted by Crippen LogP contribution is 2.38. The third-order valence-corrected chi connectivity index (χ3v) is 5.85. The van der Waals surface area contributed by atoms with E-state index in [1.807, 2.05) is 13.8 Å². The third-order valence-electron chi connectivity index (χ3n) is 5.85.